The van der Waals surface area contributed by atoms with E-state index in [0.717, 1.165) is 19.4 Å². The Morgan fingerprint density at radius 2 is 2.00 bits per heavy atom. The molecular weight excluding hydrogens is 202 g/mol. The first kappa shape index (κ1) is 12.3. The Kier molecular flexibility index (Phi) is 4.22. The molecule has 3 nitrogen and oxygen atoms in total. The van der Waals surface area contributed by atoms with E-state index in [4.69, 9.17) is 4.74 Å². The number of nitrogens with one attached hydrogen (secondary N) is 1. The second kappa shape index (κ2) is 5.48. The minimum Gasteiger partial charge on any atom is -0.394 e. The van der Waals surface area contributed by atoms with Gasteiger partial charge in [-0.2, -0.15) is 0 Å². The zero-order valence-corrected chi connectivity index (χ0v) is 10.4. The monoisotopic (exact) mass is 227 g/mol. The van der Waals surface area contributed by atoms with Crippen LogP contribution < -0.4 is 5.32 Å². The van der Waals surface area contributed by atoms with Gasteiger partial charge in [0, 0.05) is 5.54 Å². The number of likely N-dealkylation sites (N-methyl/N-ethyl adjacent to an activating group) is 1. The Bertz CT molecular complexity index is 214. The van der Waals surface area contributed by atoms with Crippen molar-refractivity contribution in [1.29, 1.82) is 0 Å². The molecule has 0 aromatic heterocycles. The summed E-state index contributed by atoms with van der Waals surface area (Å²) in [6, 6.07) is 0. The molecule has 0 saturated heterocycles. The van der Waals surface area contributed by atoms with Crippen LogP contribution in [0.25, 0.3) is 0 Å². The van der Waals surface area contributed by atoms with Crippen molar-refractivity contribution in [2.75, 3.05) is 13.2 Å². The Hall–Kier alpha value is -0.120. The van der Waals surface area contributed by atoms with Gasteiger partial charge in [-0.1, -0.05) is 6.92 Å². The summed E-state index contributed by atoms with van der Waals surface area (Å²) in [5.41, 5.74) is -0.0680. The Labute approximate surface area is 98.6 Å². The second-order valence-electron chi connectivity index (χ2n) is 5.38. The van der Waals surface area contributed by atoms with Crippen LogP contribution in [0, 0.1) is 0 Å². The van der Waals surface area contributed by atoms with Crippen LogP contribution in [-0.2, 0) is 4.74 Å². The summed E-state index contributed by atoms with van der Waals surface area (Å²) in [7, 11) is 0. The summed E-state index contributed by atoms with van der Waals surface area (Å²) in [6.45, 7) is 3.27. The van der Waals surface area contributed by atoms with E-state index in [9.17, 15) is 5.11 Å². The fourth-order valence-corrected chi connectivity index (χ4v) is 2.94. The van der Waals surface area contributed by atoms with Gasteiger partial charge in [0.2, 0.25) is 0 Å². The third-order valence-corrected chi connectivity index (χ3v) is 4.09. The molecule has 2 fully saturated rings. The van der Waals surface area contributed by atoms with Crippen LogP contribution in [0.2, 0.25) is 0 Å². The van der Waals surface area contributed by atoms with Crippen molar-refractivity contribution in [3.8, 4) is 0 Å². The topological polar surface area (TPSA) is 41.5 Å². The quantitative estimate of drug-likeness (QED) is 0.753. The first-order valence-corrected chi connectivity index (χ1v) is 6.79. The molecule has 2 saturated carbocycles. The van der Waals surface area contributed by atoms with E-state index < -0.39 is 0 Å². The van der Waals surface area contributed by atoms with Crippen molar-refractivity contribution >= 4 is 0 Å². The summed E-state index contributed by atoms with van der Waals surface area (Å²) in [4.78, 5) is 0. The molecule has 2 unspecified atom stereocenters. The second-order valence-corrected chi connectivity index (χ2v) is 5.38. The molecule has 2 N–H and O–H groups in total. The largest absolute Gasteiger partial charge is 0.394 e. The minimum atomic E-state index is -0.0680. The van der Waals surface area contributed by atoms with E-state index in [0.29, 0.717) is 12.2 Å². The fourth-order valence-electron chi connectivity index (χ4n) is 2.94. The zero-order chi connectivity index (χ0) is 11.4. The Morgan fingerprint density at radius 3 is 2.56 bits per heavy atom. The van der Waals surface area contributed by atoms with Gasteiger partial charge in [-0.25, -0.2) is 0 Å². The average molecular weight is 227 g/mol. The van der Waals surface area contributed by atoms with E-state index in [-0.39, 0.29) is 12.1 Å². The number of aliphatic hydroxyl groups is 1. The van der Waals surface area contributed by atoms with Gasteiger partial charge in [0.1, 0.15) is 0 Å². The molecule has 0 bridgehead atoms. The molecular formula is C13H25NO2. The van der Waals surface area contributed by atoms with E-state index in [1.54, 1.807) is 0 Å². The van der Waals surface area contributed by atoms with Gasteiger partial charge >= 0.3 is 0 Å². The predicted octanol–water partition coefficient (Wildman–Crippen LogP) is 1.84. The summed E-state index contributed by atoms with van der Waals surface area (Å²) in [6.07, 6.45) is 9.10. The first-order chi connectivity index (χ1) is 7.78. The molecule has 2 aliphatic carbocycles. The van der Waals surface area contributed by atoms with Crippen molar-refractivity contribution in [1.82, 2.24) is 5.32 Å². The van der Waals surface area contributed by atoms with Crippen molar-refractivity contribution in [3.63, 3.8) is 0 Å². The highest BCUT2D eigenvalue weighted by molar-refractivity contribution is 4.94. The Balaban J connectivity index is 1.85. The minimum absolute atomic E-state index is 0.0680. The molecule has 2 aliphatic rings. The van der Waals surface area contributed by atoms with Gasteiger partial charge in [0.15, 0.2) is 0 Å². The number of hydrogen-bond donors (Lipinski definition) is 2. The maximum atomic E-state index is 9.58. The van der Waals surface area contributed by atoms with E-state index in [1.165, 1.54) is 32.1 Å². The lowest BCUT2D eigenvalue weighted by molar-refractivity contribution is -0.0843. The normalized spacial score (nSPS) is 36.0. The molecule has 94 valence electrons. The summed E-state index contributed by atoms with van der Waals surface area (Å²) >= 11 is 0. The maximum absolute atomic E-state index is 9.58. The molecule has 0 aliphatic heterocycles. The molecule has 0 amide bonds. The van der Waals surface area contributed by atoms with E-state index in [2.05, 4.69) is 12.2 Å². The SMILES string of the molecule is CCNC1(CO)CCCC(OC2CCC2)C1. The van der Waals surface area contributed by atoms with Crippen molar-refractivity contribution in [2.24, 2.45) is 0 Å². The van der Waals surface area contributed by atoms with Crippen LogP contribution in [-0.4, -0.2) is 36.0 Å². The zero-order valence-electron chi connectivity index (χ0n) is 10.4. The number of hydrogen-bond acceptors (Lipinski definition) is 3. The van der Waals surface area contributed by atoms with Crippen LogP contribution in [0.15, 0.2) is 0 Å². The molecule has 16 heavy (non-hydrogen) atoms. The van der Waals surface area contributed by atoms with Gasteiger partial charge in [0.25, 0.3) is 0 Å². The smallest absolute Gasteiger partial charge is 0.0614 e. The highest BCUT2D eigenvalue weighted by atomic mass is 16.5. The molecule has 2 atom stereocenters. The van der Waals surface area contributed by atoms with Crippen LogP contribution in [0.3, 0.4) is 0 Å². The number of ether oxygens (including phenoxy) is 1. The molecule has 0 spiro atoms. The van der Waals surface area contributed by atoms with Crippen molar-refractivity contribution in [3.05, 3.63) is 0 Å². The van der Waals surface area contributed by atoms with Gasteiger partial charge in [-0.05, 0) is 51.5 Å². The number of rotatable bonds is 5. The van der Waals surface area contributed by atoms with Crippen LogP contribution in [0.1, 0.15) is 51.9 Å². The Morgan fingerprint density at radius 1 is 1.25 bits per heavy atom. The predicted molar refractivity (Wildman–Crippen MR) is 64.5 cm³/mol. The van der Waals surface area contributed by atoms with E-state index >= 15 is 0 Å². The van der Waals surface area contributed by atoms with Gasteiger partial charge in [0.05, 0.1) is 18.8 Å². The molecule has 0 heterocycles. The van der Waals surface area contributed by atoms with E-state index in [1.807, 2.05) is 0 Å². The fraction of sp³-hybridized carbons (Fsp3) is 1.00. The highest BCUT2D eigenvalue weighted by Crippen LogP contribution is 2.33. The van der Waals surface area contributed by atoms with Gasteiger partial charge in [-0.3, -0.25) is 0 Å². The number of aliphatic hydroxyl groups excluding tert-OH is 1. The summed E-state index contributed by atoms with van der Waals surface area (Å²) in [5, 5.41) is 13.0. The highest BCUT2D eigenvalue weighted by Gasteiger charge is 2.36. The standard InChI is InChI=1S/C13H25NO2/c1-2-14-13(10-15)8-4-7-12(9-13)16-11-5-3-6-11/h11-12,14-15H,2-10H2,1H3. The van der Waals surface area contributed by atoms with Crippen LogP contribution >= 0.6 is 0 Å². The molecule has 2 rings (SSSR count). The van der Waals surface area contributed by atoms with Gasteiger partial charge < -0.3 is 15.2 Å². The summed E-state index contributed by atoms with van der Waals surface area (Å²) < 4.78 is 6.08. The summed E-state index contributed by atoms with van der Waals surface area (Å²) in [5.74, 6) is 0. The third-order valence-electron chi connectivity index (χ3n) is 4.09. The lowest BCUT2D eigenvalue weighted by atomic mass is 9.80. The molecule has 0 aromatic carbocycles. The average Bonchev–Trinajstić information content (AvgIpc) is 2.25. The van der Waals surface area contributed by atoms with Crippen molar-refractivity contribution in [2.45, 2.75) is 69.6 Å². The third kappa shape index (κ3) is 2.76. The van der Waals surface area contributed by atoms with Gasteiger partial charge in [-0.15, -0.1) is 0 Å². The first-order valence-electron chi connectivity index (χ1n) is 6.79. The van der Waals surface area contributed by atoms with Crippen LogP contribution in [0.4, 0.5) is 0 Å². The molecule has 3 heteroatoms. The lowest BCUT2D eigenvalue weighted by Gasteiger charge is -2.42. The maximum Gasteiger partial charge on any atom is 0.0614 e. The van der Waals surface area contributed by atoms with Crippen molar-refractivity contribution < 1.29 is 9.84 Å². The molecule has 0 aromatic rings. The lowest BCUT2D eigenvalue weighted by Crippen LogP contribution is -2.53. The van der Waals surface area contributed by atoms with Crippen LogP contribution in [0.5, 0.6) is 0 Å². The molecule has 0 radical (unpaired) electrons.